The van der Waals surface area contributed by atoms with Gasteiger partial charge in [-0.15, -0.1) is 11.8 Å². The predicted octanol–water partition coefficient (Wildman–Crippen LogP) is -2.61. The third kappa shape index (κ3) is 9.96. The maximum absolute atomic E-state index is 11.1. The normalized spacial score (nSPS) is 30.7. The van der Waals surface area contributed by atoms with E-state index in [0.717, 1.165) is 16.7 Å². The van der Waals surface area contributed by atoms with Crippen molar-refractivity contribution in [1.29, 1.82) is 0 Å². The molecule has 3 aromatic rings. The van der Waals surface area contributed by atoms with Gasteiger partial charge >= 0.3 is 0 Å². The summed E-state index contributed by atoms with van der Waals surface area (Å²) in [6, 6.07) is 30.3. The van der Waals surface area contributed by atoms with Crippen LogP contribution in [0.4, 0.5) is 0 Å². The molecular formula is C39H53NO15S. The standard InChI is InChI=1S/C39H53NO15S/c41-19-26(45)35(54-38-34(51)32(49)36(28(21-43)53-38)55-37-33(50)31(48)30(47)27(20-42)52-37)29(46)25(44)18-40-16-17-56-39(22-10-4-1-5-11-22,23-12-6-2-7-13-23)24-14-8-3-9-15-24/h1-15,25-38,40-51H,16-21H2/t25-,26+,27+,28+,29+,30+,31-,32+,33+,34+,35+,36+,37+,38+/m0/s1. The predicted molar refractivity (Wildman–Crippen MR) is 201 cm³/mol. The molecule has 2 heterocycles. The number of hydrogen-bond acceptors (Lipinski definition) is 17. The van der Waals surface area contributed by atoms with Crippen LogP contribution in [-0.4, -0.2) is 181 Å². The smallest absolute Gasteiger partial charge is 0.187 e. The van der Waals surface area contributed by atoms with Crippen LogP contribution in [0, 0.1) is 0 Å². The number of hydrogen-bond donors (Lipinski definition) is 12. The van der Waals surface area contributed by atoms with Crippen molar-refractivity contribution < 1.29 is 75.1 Å². The number of aliphatic hydroxyl groups excluding tert-OH is 11. The fourth-order valence-electron chi connectivity index (χ4n) is 6.96. The maximum Gasteiger partial charge on any atom is 0.187 e. The van der Waals surface area contributed by atoms with E-state index in [4.69, 9.17) is 18.9 Å². The van der Waals surface area contributed by atoms with Crippen LogP contribution in [-0.2, 0) is 23.7 Å². The molecule has 0 aromatic heterocycles. The molecule has 2 fully saturated rings. The largest absolute Gasteiger partial charge is 0.394 e. The Labute approximate surface area is 328 Å². The van der Waals surface area contributed by atoms with E-state index in [2.05, 4.69) is 41.7 Å². The monoisotopic (exact) mass is 807 g/mol. The first-order chi connectivity index (χ1) is 27.0. The lowest BCUT2D eigenvalue weighted by atomic mass is 9.84. The summed E-state index contributed by atoms with van der Waals surface area (Å²) in [7, 11) is 0. The molecule has 0 spiro atoms. The van der Waals surface area contributed by atoms with Gasteiger partial charge in [0.1, 0.15) is 67.1 Å². The molecule has 2 aliphatic heterocycles. The fourth-order valence-corrected chi connectivity index (χ4v) is 8.42. The summed E-state index contributed by atoms with van der Waals surface area (Å²) in [6.45, 7) is -2.35. The number of ether oxygens (including phenoxy) is 4. The highest BCUT2D eigenvalue weighted by atomic mass is 32.2. The van der Waals surface area contributed by atoms with E-state index in [1.54, 1.807) is 11.8 Å². The molecule has 0 aliphatic carbocycles. The van der Waals surface area contributed by atoms with Gasteiger partial charge in [0.15, 0.2) is 12.6 Å². The Morgan fingerprint density at radius 1 is 0.625 bits per heavy atom. The van der Waals surface area contributed by atoms with Crippen molar-refractivity contribution in [3.63, 3.8) is 0 Å². The van der Waals surface area contributed by atoms with Gasteiger partial charge in [0.25, 0.3) is 0 Å². The van der Waals surface area contributed by atoms with Crippen molar-refractivity contribution in [2.75, 3.05) is 38.7 Å². The molecular weight excluding hydrogens is 754 g/mol. The molecule has 3 aromatic carbocycles. The molecule has 0 bridgehead atoms. The van der Waals surface area contributed by atoms with Crippen LogP contribution in [0.15, 0.2) is 91.0 Å². The summed E-state index contributed by atoms with van der Waals surface area (Å²) in [4.78, 5) is 0. The molecule has 12 N–H and O–H groups in total. The zero-order valence-corrected chi connectivity index (χ0v) is 31.3. The van der Waals surface area contributed by atoms with Crippen molar-refractivity contribution in [3.8, 4) is 0 Å². The van der Waals surface area contributed by atoms with Crippen molar-refractivity contribution in [3.05, 3.63) is 108 Å². The van der Waals surface area contributed by atoms with E-state index in [-0.39, 0.29) is 6.54 Å². The van der Waals surface area contributed by atoms with Crippen molar-refractivity contribution >= 4 is 11.8 Å². The van der Waals surface area contributed by atoms with E-state index in [9.17, 15) is 56.2 Å². The molecule has 0 radical (unpaired) electrons. The third-order valence-electron chi connectivity index (χ3n) is 10.0. The lowest BCUT2D eigenvalue weighted by Gasteiger charge is -2.46. The quantitative estimate of drug-likeness (QED) is 0.0437. The van der Waals surface area contributed by atoms with E-state index in [0.29, 0.717) is 12.3 Å². The zero-order chi connectivity index (χ0) is 40.4. The van der Waals surface area contributed by atoms with Crippen LogP contribution < -0.4 is 5.32 Å². The highest BCUT2D eigenvalue weighted by Crippen LogP contribution is 2.48. The fraction of sp³-hybridized carbons (Fsp3) is 0.538. The molecule has 16 nitrogen and oxygen atoms in total. The van der Waals surface area contributed by atoms with Crippen LogP contribution in [0.2, 0.25) is 0 Å². The van der Waals surface area contributed by atoms with E-state index < -0.39 is 110 Å². The molecule has 310 valence electrons. The van der Waals surface area contributed by atoms with Gasteiger partial charge in [0.2, 0.25) is 0 Å². The molecule has 14 atom stereocenters. The average molecular weight is 808 g/mol. The van der Waals surface area contributed by atoms with Crippen LogP contribution in [0.3, 0.4) is 0 Å². The number of nitrogens with one attached hydrogen (secondary N) is 1. The van der Waals surface area contributed by atoms with Crippen molar-refractivity contribution in [2.24, 2.45) is 0 Å². The second-order valence-electron chi connectivity index (χ2n) is 13.7. The van der Waals surface area contributed by atoms with Crippen LogP contribution >= 0.6 is 11.8 Å². The third-order valence-corrected chi connectivity index (χ3v) is 11.6. The number of aliphatic hydroxyl groups is 11. The summed E-state index contributed by atoms with van der Waals surface area (Å²) < 4.78 is 21.5. The molecule has 0 saturated carbocycles. The van der Waals surface area contributed by atoms with E-state index in [1.165, 1.54) is 0 Å². The Balaban J connectivity index is 1.21. The second kappa shape index (κ2) is 20.9. The SMILES string of the molecule is OC[C@@H](O)[C@@H](O[C@H]1O[C@H](CO)[C@@H](O[C@H]2O[C@H](CO)[C@@H](O)[C@H](O)[C@H]2O)[C@H](O)[C@H]1O)[C@H](O)[C@@H](O)CNCCSC(c1ccccc1)(c1ccccc1)c1ccccc1. The first-order valence-corrected chi connectivity index (χ1v) is 19.4. The Morgan fingerprint density at radius 2 is 1.12 bits per heavy atom. The van der Waals surface area contributed by atoms with Gasteiger partial charge < -0.3 is 80.4 Å². The van der Waals surface area contributed by atoms with Gasteiger partial charge in [0, 0.05) is 18.8 Å². The highest BCUT2D eigenvalue weighted by Gasteiger charge is 2.52. The van der Waals surface area contributed by atoms with Crippen LogP contribution in [0.5, 0.6) is 0 Å². The van der Waals surface area contributed by atoms with Gasteiger partial charge in [-0.05, 0) is 16.7 Å². The van der Waals surface area contributed by atoms with Crippen LogP contribution in [0.1, 0.15) is 16.7 Å². The average Bonchev–Trinajstić information content (AvgIpc) is 3.23. The molecule has 2 saturated heterocycles. The van der Waals surface area contributed by atoms with Gasteiger partial charge in [-0.2, -0.15) is 0 Å². The minimum Gasteiger partial charge on any atom is -0.394 e. The van der Waals surface area contributed by atoms with Crippen LogP contribution in [0.25, 0.3) is 0 Å². The highest BCUT2D eigenvalue weighted by molar-refractivity contribution is 8.00. The summed E-state index contributed by atoms with van der Waals surface area (Å²) in [5.41, 5.74) is 3.22. The molecule has 5 rings (SSSR count). The Bertz CT molecular complexity index is 1470. The van der Waals surface area contributed by atoms with Gasteiger partial charge in [0.05, 0.1) is 30.7 Å². The minimum atomic E-state index is -1.99. The molecule has 0 unspecified atom stereocenters. The lowest BCUT2D eigenvalue weighted by molar-refractivity contribution is -0.367. The van der Waals surface area contributed by atoms with Crippen molar-refractivity contribution in [2.45, 2.75) is 90.6 Å². The molecule has 0 amide bonds. The van der Waals surface area contributed by atoms with Gasteiger partial charge in [-0.1, -0.05) is 91.0 Å². The summed E-state index contributed by atoms with van der Waals surface area (Å²) in [5.74, 6) is 0.551. The Hall–Kier alpha value is -2.63. The summed E-state index contributed by atoms with van der Waals surface area (Å²) >= 11 is 1.68. The minimum absolute atomic E-state index is 0.181. The molecule has 56 heavy (non-hydrogen) atoms. The number of benzene rings is 3. The van der Waals surface area contributed by atoms with Gasteiger partial charge in [-0.25, -0.2) is 0 Å². The van der Waals surface area contributed by atoms with E-state index in [1.807, 2.05) is 54.6 Å². The Kier molecular flexibility index (Phi) is 16.6. The van der Waals surface area contributed by atoms with Crippen molar-refractivity contribution in [1.82, 2.24) is 5.32 Å². The summed E-state index contributed by atoms with van der Waals surface area (Å²) in [6.07, 6.45) is -24.4. The second-order valence-corrected chi connectivity index (χ2v) is 15.1. The summed E-state index contributed by atoms with van der Waals surface area (Å²) in [5, 5.41) is 118. The number of thioether (sulfide) groups is 1. The first kappa shape index (κ1) is 44.5. The zero-order valence-electron chi connectivity index (χ0n) is 30.4. The van der Waals surface area contributed by atoms with E-state index >= 15 is 0 Å². The molecule has 2 aliphatic rings. The maximum atomic E-state index is 11.1. The topological polar surface area (TPSA) is 271 Å². The lowest BCUT2D eigenvalue weighted by Crippen LogP contribution is -2.65. The van der Waals surface area contributed by atoms with Gasteiger partial charge in [-0.3, -0.25) is 0 Å². The first-order valence-electron chi connectivity index (χ1n) is 18.4. The molecule has 17 heteroatoms. The Morgan fingerprint density at radius 3 is 1.62 bits per heavy atom. The number of rotatable bonds is 19.